The zero-order valence-electron chi connectivity index (χ0n) is 6.38. The van der Waals surface area contributed by atoms with Crippen molar-refractivity contribution < 1.29 is 4.74 Å². The molecule has 1 aromatic heterocycles. The van der Waals surface area contributed by atoms with Gasteiger partial charge in [0, 0.05) is 6.20 Å². The fourth-order valence-corrected chi connectivity index (χ4v) is 0.865. The van der Waals surface area contributed by atoms with Crippen molar-refractivity contribution in [3.05, 3.63) is 23.5 Å². The van der Waals surface area contributed by atoms with Crippen LogP contribution in [0.25, 0.3) is 0 Å². The van der Waals surface area contributed by atoms with E-state index in [9.17, 15) is 0 Å². The van der Waals surface area contributed by atoms with E-state index < -0.39 is 0 Å². The lowest BCUT2D eigenvalue weighted by molar-refractivity contribution is 0.316. The van der Waals surface area contributed by atoms with Crippen molar-refractivity contribution in [3.8, 4) is 5.75 Å². The first kappa shape index (κ1) is 8.34. The Morgan fingerprint density at radius 1 is 1.64 bits per heavy atom. The highest BCUT2D eigenvalue weighted by Crippen LogP contribution is 2.19. The summed E-state index contributed by atoms with van der Waals surface area (Å²) >= 11 is 5.72. The predicted octanol–water partition coefficient (Wildman–Crippen LogP) is 2.52. The number of hydrogen-bond acceptors (Lipinski definition) is 2. The molecule has 3 heteroatoms. The molecule has 0 unspecified atom stereocenters. The Morgan fingerprint density at radius 2 is 2.45 bits per heavy atom. The zero-order chi connectivity index (χ0) is 8.10. The van der Waals surface area contributed by atoms with Crippen LogP contribution in [0, 0.1) is 0 Å². The van der Waals surface area contributed by atoms with Crippen LogP contribution in [0.4, 0.5) is 0 Å². The molecule has 0 aliphatic carbocycles. The average Bonchev–Trinajstić information content (AvgIpc) is 2.03. The third-order valence-corrected chi connectivity index (χ3v) is 1.47. The molecule has 1 heterocycles. The molecule has 60 valence electrons. The number of pyridine rings is 1. The predicted molar refractivity (Wildman–Crippen MR) is 45.0 cm³/mol. The van der Waals surface area contributed by atoms with Crippen LogP contribution in [0.1, 0.15) is 13.3 Å². The van der Waals surface area contributed by atoms with Crippen LogP contribution in [-0.2, 0) is 0 Å². The Kier molecular flexibility index (Phi) is 3.17. The van der Waals surface area contributed by atoms with Crippen LogP contribution >= 0.6 is 11.6 Å². The highest BCUT2D eigenvalue weighted by Gasteiger charge is 1.98. The van der Waals surface area contributed by atoms with Crippen LogP contribution in [0.3, 0.4) is 0 Å². The third kappa shape index (κ3) is 2.39. The van der Waals surface area contributed by atoms with E-state index in [2.05, 4.69) is 4.98 Å². The first-order valence-corrected chi connectivity index (χ1v) is 3.95. The van der Waals surface area contributed by atoms with Gasteiger partial charge in [0.25, 0.3) is 0 Å². The van der Waals surface area contributed by atoms with Gasteiger partial charge in [-0.3, -0.25) is 0 Å². The van der Waals surface area contributed by atoms with E-state index in [4.69, 9.17) is 16.3 Å². The molecule has 11 heavy (non-hydrogen) atoms. The van der Waals surface area contributed by atoms with Gasteiger partial charge in [-0.15, -0.1) is 0 Å². The van der Waals surface area contributed by atoms with Gasteiger partial charge in [0.2, 0.25) is 0 Å². The van der Waals surface area contributed by atoms with E-state index in [0.29, 0.717) is 17.5 Å². The molecule has 0 bridgehead atoms. The fourth-order valence-electron chi connectivity index (χ4n) is 0.691. The van der Waals surface area contributed by atoms with Gasteiger partial charge in [0.1, 0.15) is 0 Å². The molecule has 0 fully saturated rings. The van der Waals surface area contributed by atoms with Gasteiger partial charge in [-0.25, -0.2) is 4.98 Å². The lowest BCUT2D eigenvalue weighted by Crippen LogP contribution is -1.95. The molecule has 1 rings (SSSR count). The van der Waals surface area contributed by atoms with E-state index in [-0.39, 0.29) is 0 Å². The van der Waals surface area contributed by atoms with Gasteiger partial charge in [0.05, 0.1) is 6.61 Å². The molecule has 0 saturated heterocycles. The molecule has 0 N–H and O–H groups in total. The summed E-state index contributed by atoms with van der Waals surface area (Å²) in [5.74, 6) is 0.663. The highest BCUT2D eigenvalue weighted by molar-refractivity contribution is 6.30. The van der Waals surface area contributed by atoms with E-state index in [1.807, 2.05) is 13.0 Å². The molecule has 0 atom stereocenters. The van der Waals surface area contributed by atoms with Crippen molar-refractivity contribution in [2.24, 2.45) is 0 Å². The molecule has 2 nitrogen and oxygen atoms in total. The Hall–Kier alpha value is -0.760. The summed E-state index contributed by atoms with van der Waals surface area (Å²) < 4.78 is 5.29. The minimum atomic E-state index is 0.431. The van der Waals surface area contributed by atoms with Gasteiger partial charge in [-0.1, -0.05) is 18.5 Å². The Balaban J connectivity index is 2.62. The first-order valence-electron chi connectivity index (χ1n) is 3.58. The quantitative estimate of drug-likeness (QED) is 0.652. The van der Waals surface area contributed by atoms with E-state index >= 15 is 0 Å². The van der Waals surface area contributed by atoms with Crippen LogP contribution in [0.2, 0.25) is 5.15 Å². The molecule has 1 aromatic rings. The summed E-state index contributed by atoms with van der Waals surface area (Å²) in [5.41, 5.74) is 0. The summed E-state index contributed by atoms with van der Waals surface area (Å²) in [4.78, 5) is 3.87. The maximum atomic E-state index is 5.72. The maximum Gasteiger partial charge on any atom is 0.171 e. The van der Waals surface area contributed by atoms with Gasteiger partial charge < -0.3 is 4.74 Å². The van der Waals surface area contributed by atoms with Crippen molar-refractivity contribution in [2.75, 3.05) is 6.61 Å². The number of aromatic nitrogens is 1. The Labute approximate surface area is 71.2 Å². The standard InChI is InChI=1S/C8H10ClNO/c1-2-6-11-7-4-3-5-10-8(7)9/h3-5H,2,6H2,1H3. The lowest BCUT2D eigenvalue weighted by atomic mass is 10.4. The molecular formula is C8H10ClNO. The summed E-state index contributed by atoms with van der Waals surface area (Å²) in [7, 11) is 0. The van der Waals surface area contributed by atoms with E-state index in [1.54, 1.807) is 12.3 Å². The number of halogens is 1. The topological polar surface area (TPSA) is 22.1 Å². The van der Waals surface area contributed by atoms with Crippen LogP contribution in [0.5, 0.6) is 5.75 Å². The van der Waals surface area contributed by atoms with Crippen LogP contribution in [-0.4, -0.2) is 11.6 Å². The number of rotatable bonds is 3. The average molecular weight is 172 g/mol. The molecule has 0 spiro atoms. The van der Waals surface area contributed by atoms with Crippen LogP contribution in [0.15, 0.2) is 18.3 Å². The van der Waals surface area contributed by atoms with Crippen LogP contribution < -0.4 is 4.74 Å². The third-order valence-electron chi connectivity index (χ3n) is 1.19. The molecule has 0 aliphatic heterocycles. The first-order chi connectivity index (χ1) is 5.34. The van der Waals surface area contributed by atoms with Crippen molar-refractivity contribution >= 4 is 11.6 Å². The number of hydrogen-bond donors (Lipinski definition) is 0. The molecule has 0 amide bonds. The second-order valence-corrected chi connectivity index (χ2v) is 2.50. The molecule has 0 saturated carbocycles. The second-order valence-electron chi connectivity index (χ2n) is 2.14. The Bertz CT molecular complexity index is 227. The summed E-state index contributed by atoms with van der Waals surface area (Å²) in [6, 6.07) is 3.61. The summed E-state index contributed by atoms with van der Waals surface area (Å²) in [6.45, 7) is 2.73. The minimum absolute atomic E-state index is 0.431. The zero-order valence-corrected chi connectivity index (χ0v) is 7.14. The molecule has 0 aliphatic rings. The van der Waals surface area contributed by atoms with Crippen molar-refractivity contribution in [3.63, 3.8) is 0 Å². The number of ether oxygens (including phenoxy) is 1. The van der Waals surface area contributed by atoms with E-state index in [0.717, 1.165) is 6.42 Å². The van der Waals surface area contributed by atoms with Crippen molar-refractivity contribution in [1.29, 1.82) is 0 Å². The van der Waals surface area contributed by atoms with Gasteiger partial charge in [-0.05, 0) is 18.6 Å². The summed E-state index contributed by atoms with van der Waals surface area (Å²) in [6.07, 6.45) is 2.62. The normalized spacial score (nSPS) is 9.64. The van der Waals surface area contributed by atoms with E-state index in [1.165, 1.54) is 0 Å². The van der Waals surface area contributed by atoms with Crippen molar-refractivity contribution in [2.45, 2.75) is 13.3 Å². The van der Waals surface area contributed by atoms with Gasteiger partial charge in [-0.2, -0.15) is 0 Å². The Morgan fingerprint density at radius 3 is 3.09 bits per heavy atom. The summed E-state index contributed by atoms with van der Waals surface area (Å²) in [5, 5.41) is 0.431. The molecule has 0 radical (unpaired) electrons. The van der Waals surface area contributed by atoms with Gasteiger partial charge >= 0.3 is 0 Å². The monoisotopic (exact) mass is 171 g/mol. The van der Waals surface area contributed by atoms with Crippen molar-refractivity contribution in [1.82, 2.24) is 4.98 Å². The molecular weight excluding hydrogens is 162 g/mol. The fraction of sp³-hybridized carbons (Fsp3) is 0.375. The lowest BCUT2D eigenvalue weighted by Gasteiger charge is -2.03. The smallest absolute Gasteiger partial charge is 0.171 e. The number of nitrogens with zero attached hydrogens (tertiary/aromatic N) is 1. The maximum absolute atomic E-state index is 5.72. The largest absolute Gasteiger partial charge is 0.490 e. The molecule has 0 aromatic carbocycles. The minimum Gasteiger partial charge on any atom is -0.490 e. The highest BCUT2D eigenvalue weighted by atomic mass is 35.5. The van der Waals surface area contributed by atoms with Gasteiger partial charge in [0.15, 0.2) is 10.9 Å². The SMILES string of the molecule is CCCOc1cccnc1Cl. The second kappa shape index (κ2) is 4.19.